The summed E-state index contributed by atoms with van der Waals surface area (Å²) in [6.45, 7) is 0. The van der Waals surface area contributed by atoms with Gasteiger partial charge in [0.05, 0.1) is 34.6 Å². The number of hydrogen-bond donors (Lipinski definition) is 1. The Balaban J connectivity index is 1.58. The Hall–Kier alpha value is -1.92. The Morgan fingerprint density at radius 2 is 1.71 bits per heavy atom. The number of phenols is 1. The first-order chi connectivity index (χ1) is 19.4. The summed E-state index contributed by atoms with van der Waals surface area (Å²) in [4.78, 5) is 53.6. The van der Waals surface area contributed by atoms with Gasteiger partial charge in [-0.25, -0.2) is 0 Å². The van der Waals surface area contributed by atoms with Crippen LogP contribution in [0.15, 0.2) is 57.0 Å². The molecule has 0 aromatic heterocycles. The molecule has 1 saturated carbocycles. The molecule has 0 radical (unpaired) electrons. The van der Waals surface area contributed by atoms with Gasteiger partial charge in [-0.3, -0.25) is 29.0 Å². The molecular formula is C28H21Br3Cl2N2O6. The Morgan fingerprint density at radius 1 is 1.02 bits per heavy atom. The number of halogens is 5. The predicted molar refractivity (Wildman–Crippen MR) is 162 cm³/mol. The van der Waals surface area contributed by atoms with E-state index in [0.29, 0.717) is 21.3 Å². The zero-order valence-electron chi connectivity index (χ0n) is 21.2. The highest BCUT2D eigenvalue weighted by Gasteiger charge is 2.76. The molecule has 0 bridgehead atoms. The van der Waals surface area contributed by atoms with Crippen molar-refractivity contribution in [3.63, 3.8) is 0 Å². The second kappa shape index (κ2) is 10.1. The number of alkyl halides is 3. The van der Waals surface area contributed by atoms with Gasteiger partial charge < -0.3 is 9.84 Å². The lowest BCUT2D eigenvalue weighted by Crippen LogP contribution is -2.60. The number of benzene rings is 2. The number of ether oxygens (including phenoxy) is 1. The topological polar surface area (TPSA) is 104 Å². The van der Waals surface area contributed by atoms with E-state index in [0.717, 1.165) is 4.90 Å². The number of phenolic OH excluding ortho intramolecular Hbond substituents is 1. The molecule has 4 amide bonds. The number of para-hydroxylation sites is 1. The predicted octanol–water partition coefficient (Wildman–Crippen LogP) is 5.84. The van der Waals surface area contributed by atoms with Crippen molar-refractivity contribution in [3.8, 4) is 11.5 Å². The zero-order chi connectivity index (χ0) is 29.6. The minimum Gasteiger partial charge on any atom is -0.503 e. The summed E-state index contributed by atoms with van der Waals surface area (Å²) >= 11 is 24.7. The van der Waals surface area contributed by atoms with Crippen molar-refractivity contribution in [1.82, 2.24) is 4.90 Å². The van der Waals surface area contributed by atoms with Gasteiger partial charge in [0.2, 0.25) is 11.8 Å². The maximum atomic E-state index is 14.0. The lowest BCUT2D eigenvalue weighted by molar-refractivity contribution is -0.138. The van der Waals surface area contributed by atoms with Crippen LogP contribution in [-0.4, -0.2) is 55.9 Å². The van der Waals surface area contributed by atoms with Gasteiger partial charge in [-0.05, 0) is 74.4 Å². The number of amides is 4. The Morgan fingerprint density at radius 3 is 2.34 bits per heavy atom. The molecule has 8 nitrogen and oxygen atoms in total. The van der Waals surface area contributed by atoms with Crippen molar-refractivity contribution in [2.45, 2.75) is 28.5 Å². The van der Waals surface area contributed by atoms with Crippen LogP contribution >= 0.6 is 71.0 Å². The van der Waals surface area contributed by atoms with Gasteiger partial charge in [-0.2, -0.15) is 0 Å². The third kappa shape index (κ3) is 3.74. The highest BCUT2D eigenvalue weighted by molar-refractivity contribution is 9.13. The van der Waals surface area contributed by atoms with Crippen LogP contribution in [0.25, 0.3) is 0 Å². The minimum absolute atomic E-state index is 0.100. The molecule has 214 valence electrons. The first-order valence-corrected chi connectivity index (χ1v) is 16.1. The number of methoxy groups -OCH3 is 1. The van der Waals surface area contributed by atoms with Crippen LogP contribution in [0, 0.1) is 17.8 Å². The van der Waals surface area contributed by atoms with Gasteiger partial charge in [0, 0.05) is 10.4 Å². The standard InChI is InChI=1S/C28H21Br3Cl2N2O6/c1-41-17-9-15(20(30)21(31)22(17)36)19-13-7-8-14-18(24(38)35(23(14)37)12-5-3-2-4-6-12)16(13)10-27(32)25(39)34(11-29)26(40)28(19,27)33/h2-7,9,14,16,18-19,36H,8,10-11H2,1H3/t14-,16+,18-,19+,27+,28-/m0/s1. The molecule has 2 aromatic carbocycles. The normalized spacial score (nSPS) is 32.6. The summed E-state index contributed by atoms with van der Waals surface area (Å²) in [7, 11) is 1.38. The molecule has 4 aliphatic rings. The fourth-order valence-electron chi connectivity index (χ4n) is 6.91. The summed E-state index contributed by atoms with van der Waals surface area (Å²) < 4.78 is 6.03. The zero-order valence-corrected chi connectivity index (χ0v) is 27.5. The van der Waals surface area contributed by atoms with E-state index in [-0.39, 0.29) is 46.1 Å². The third-order valence-electron chi connectivity index (χ3n) is 8.73. The Bertz CT molecular complexity index is 1570. The highest BCUT2D eigenvalue weighted by atomic mass is 79.9. The van der Waals surface area contributed by atoms with E-state index in [1.165, 1.54) is 18.1 Å². The number of nitrogens with zero attached hydrogens (tertiary/aromatic N) is 2. The maximum absolute atomic E-state index is 14.0. The summed E-state index contributed by atoms with van der Waals surface area (Å²) in [5, 5.41) is 10.6. The number of hydrogen-bond acceptors (Lipinski definition) is 6. The van der Waals surface area contributed by atoms with Crippen LogP contribution in [0.3, 0.4) is 0 Å². The number of carbonyl (C=O) groups is 4. The first kappa shape index (κ1) is 29.2. The largest absolute Gasteiger partial charge is 0.503 e. The van der Waals surface area contributed by atoms with Crippen molar-refractivity contribution in [1.29, 1.82) is 0 Å². The monoisotopic (exact) mass is 788 g/mol. The van der Waals surface area contributed by atoms with Gasteiger partial charge in [-0.15, -0.1) is 23.2 Å². The van der Waals surface area contributed by atoms with Crippen LogP contribution < -0.4 is 9.64 Å². The van der Waals surface area contributed by atoms with E-state index >= 15 is 0 Å². The van der Waals surface area contributed by atoms with E-state index in [9.17, 15) is 24.3 Å². The highest BCUT2D eigenvalue weighted by Crippen LogP contribution is 2.66. The number of fused-ring (bicyclic) bond motifs is 4. The van der Waals surface area contributed by atoms with Crippen LogP contribution in [-0.2, 0) is 19.2 Å². The van der Waals surface area contributed by atoms with Gasteiger partial charge >= 0.3 is 0 Å². The summed E-state index contributed by atoms with van der Waals surface area (Å²) in [5.41, 5.74) is 1.39. The minimum atomic E-state index is -1.98. The molecule has 0 unspecified atom stereocenters. The van der Waals surface area contributed by atoms with E-state index < -0.39 is 45.2 Å². The molecule has 6 atom stereocenters. The van der Waals surface area contributed by atoms with E-state index in [1.54, 1.807) is 30.3 Å². The maximum Gasteiger partial charge on any atom is 0.254 e. The molecule has 2 heterocycles. The Labute approximate surface area is 270 Å². The Kier molecular flexibility index (Phi) is 7.17. The lowest BCUT2D eigenvalue weighted by atomic mass is 9.56. The van der Waals surface area contributed by atoms with Gasteiger partial charge in [0.15, 0.2) is 21.2 Å². The first-order valence-electron chi connectivity index (χ1n) is 12.6. The summed E-state index contributed by atoms with van der Waals surface area (Å²) in [5.74, 6) is -5.33. The SMILES string of the molecule is COc1cc([C@H]2C3=CC[C@@H]4C(=O)N(c5ccccc5)C(=O)[C@@H]4[C@@H]3C[C@@]3(Cl)C(=O)N(CBr)C(=O)[C@@]23Cl)c(Br)c(Br)c1O. The molecule has 2 saturated heterocycles. The molecule has 41 heavy (non-hydrogen) atoms. The van der Waals surface area contributed by atoms with Crippen molar-refractivity contribution < 1.29 is 29.0 Å². The van der Waals surface area contributed by atoms with Crippen LogP contribution in [0.1, 0.15) is 24.3 Å². The molecule has 2 aromatic rings. The average molecular weight is 792 g/mol. The summed E-state index contributed by atoms with van der Waals surface area (Å²) in [6.07, 6.45) is 1.97. The third-order valence-corrected chi connectivity index (χ3v) is 12.8. The number of allylic oxidation sites excluding steroid dienone is 2. The number of aromatic hydroxyl groups is 1. The molecule has 3 fully saturated rings. The molecule has 2 aliphatic carbocycles. The van der Waals surface area contributed by atoms with Gasteiger partial charge in [0.1, 0.15) is 0 Å². The van der Waals surface area contributed by atoms with Crippen molar-refractivity contribution in [3.05, 3.63) is 62.6 Å². The van der Waals surface area contributed by atoms with Crippen LogP contribution in [0.5, 0.6) is 11.5 Å². The second-order valence-electron chi connectivity index (χ2n) is 10.5. The van der Waals surface area contributed by atoms with E-state index in [2.05, 4.69) is 47.8 Å². The number of anilines is 1. The average Bonchev–Trinajstić information content (AvgIpc) is 3.30. The van der Waals surface area contributed by atoms with E-state index in [1.807, 2.05) is 6.08 Å². The van der Waals surface area contributed by atoms with Crippen LogP contribution in [0.4, 0.5) is 5.69 Å². The fraction of sp³-hybridized carbons (Fsp3) is 0.357. The van der Waals surface area contributed by atoms with Crippen molar-refractivity contribution >= 4 is 100 Å². The van der Waals surface area contributed by atoms with Crippen LogP contribution in [0.2, 0.25) is 0 Å². The molecule has 2 aliphatic heterocycles. The number of carbonyl (C=O) groups excluding carboxylic acids is 4. The molecule has 13 heteroatoms. The number of imide groups is 2. The van der Waals surface area contributed by atoms with E-state index in [4.69, 9.17) is 27.9 Å². The fourth-order valence-corrected chi connectivity index (χ4v) is 9.28. The smallest absolute Gasteiger partial charge is 0.254 e. The molecule has 1 N–H and O–H groups in total. The number of likely N-dealkylation sites (tertiary alicyclic amines) is 1. The molecule has 6 rings (SSSR count). The van der Waals surface area contributed by atoms with Crippen molar-refractivity contribution in [2.24, 2.45) is 17.8 Å². The quantitative estimate of drug-likeness (QED) is 0.181. The van der Waals surface area contributed by atoms with Gasteiger partial charge in [0.25, 0.3) is 11.8 Å². The van der Waals surface area contributed by atoms with Gasteiger partial charge in [-0.1, -0.05) is 45.8 Å². The second-order valence-corrected chi connectivity index (χ2v) is 13.8. The summed E-state index contributed by atoms with van der Waals surface area (Å²) in [6, 6.07) is 10.2. The molecule has 0 spiro atoms. The van der Waals surface area contributed by atoms with Crippen molar-refractivity contribution in [2.75, 3.05) is 17.5 Å². The number of rotatable bonds is 4. The lowest BCUT2D eigenvalue weighted by Gasteiger charge is -2.51. The molecular weight excluding hydrogens is 771 g/mol.